The number of aliphatic hydroxyl groups is 1. The smallest absolute Gasteiger partial charge is 0.243 e. The highest BCUT2D eigenvalue weighted by atomic mass is 35.5. The van der Waals surface area contributed by atoms with Crippen molar-refractivity contribution in [3.63, 3.8) is 0 Å². The zero-order valence-corrected chi connectivity index (χ0v) is 13.7. The van der Waals surface area contributed by atoms with Crippen molar-refractivity contribution in [2.75, 3.05) is 13.2 Å². The average Bonchev–Trinajstić information content (AvgIpc) is 2.38. The Morgan fingerprint density at radius 2 is 1.90 bits per heavy atom. The maximum Gasteiger partial charge on any atom is 0.243 e. The normalized spacial score (nSPS) is 12.3. The Kier molecular flexibility index (Phi) is 6.45. The van der Waals surface area contributed by atoms with Crippen molar-refractivity contribution < 1.29 is 13.5 Å². The first kappa shape index (κ1) is 17.4. The van der Waals surface area contributed by atoms with E-state index >= 15 is 0 Å². The topological polar surface area (TPSA) is 57.6 Å². The molecule has 1 rings (SSSR count). The van der Waals surface area contributed by atoms with Gasteiger partial charge in [-0.15, -0.1) is 0 Å². The highest BCUT2D eigenvalue weighted by Gasteiger charge is 2.30. The SMILES string of the molecule is CCC(CC)N(CCO)S(=O)(=O)c1ccc(Cl)cc1C. The minimum absolute atomic E-state index is 0.108. The second-order valence-electron chi connectivity index (χ2n) is 4.72. The molecule has 0 aliphatic rings. The monoisotopic (exact) mass is 319 g/mol. The first-order valence-electron chi connectivity index (χ1n) is 6.77. The van der Waals surface area contributed by atoms with E-state index in [2.05, 4.69) is 0 Å². The number of aliphatic hydroxyl groups excluding tert-OH is 1. The number of nitrogens with zero attached hydrogens (tertiary/aromatic N) is 1. The summed E-state index contributed by atoms with van der Waals surface area (Å²) in [5, 5.41) is 9.68. The molecule has 0 spiro atoms. The minimum atomic E-state index is -3.62. The Labute approximate surface area is 126 Å². The molecule has 0 aliphatic carbocycles. The van der Waals surface area contributed by atoms with Gasteiger partial charge >= 0.3 is 0 Å². The lowest BCUT2D eigenvalue weighted by Crippen LogP contribution is -2.41. The van der Waals surface area contributed by atoms with Crippen LogP contribution in [0.3, 0.4) is 0 Å². The maximum absolute atomic E-state index is 12.8. The Bertz CT molecular complexity index is 541. The molecule has 0 fully saturated rings. The van der Waals surface area contributed by atoms with Crippen molar-refractivity contribution >= 4 is 21.6 Å². The first-order valence-corrected chi connectivity index (χ1v) is 8.59. The van der Waals surface area contributed by atoms with E-state index in [1.54, 1.807) is 19.1 Å². The standard InChI is InChI=1S/C14H22ClNO3S/c1-4-13(5-2)16(8-9-17)20(18,19)14-7-6-12(15)10-11(14)3/h6-7,10,13,17H,4-5,8-9H2,1-3H3. The van der Waals surface area contributed by atoms with Gasteiger partial charge in [0.05, 0.1) is 11.5 Å². The summed E-state index contributed by atoms with van der Waals surface area (Å²) in [7, 11) is -3.62. The quantitative estimate of drug-likeness (QED) is 0.840. The number of hydrogen-bond donors (Lipinski definition) is 1. The van der Waals surface area contributed by atoms with E-state index < -0.39 is 10.0 Å². The lowest BCUT2D eigenvalue weighted by molar-refractivity contribution is 0.219. The molecule has 1 aromatic rings. The molecule has 4 nitrogen and oxygen atoms in total. The molecule has 1 N–H and O–H groups in total. The fraction of sp³-hybridized carbons (Fsp3) is 0.571. The molecule has 6 heteroatoms. The number of aryl methyl sites for hydroxylation is 1. The van der Waals surface area contributed by atoms with Gasteiger partial charge in [0.1, 0.15) is 0 Å². The lowest BCUT2D eigenvalue weighted by atomic mass is 10.2. The third-order valence-corrected chi connectivity index (χ3v) is 5.74. The number of hydrogen-bond acceptors (Lipinski definition) is 3. The predicted octanol–water partition coefficient (Wildman–Crippen LogP) is 2.82. The molecule has 0 aliphatic heterocycles. The van der Waals surface area contributed by atoms with Crippen molar-refractivity contribution in [1.29, 1.82) is 0 Å². The minimum Gasteiger partial charge on any atom is -0.395 e. The molecule has 20 heavy (non-hydrogen) atoms. The zero-order chi connectivity index (χ0) is 15.3. The molecule has 0 saturated heterocycles. The van der Waals surface area contributed by atoms with E-state index in [0.717, 1.165) is 0 Å². The molecule has 0 radical (unpaired) electrons. The van der Waals surface area contributed by atoms with Crippen molar-refractivity contribution in [3.8, 4) is 0 Å². The van der Waals surface area contributed by atoms with E-state index in [-0.39, 0.29) is 24.1 Å². The van der Waals surface area contributed by atoms with Crippen LogP contribution in [0.5, 0.6) is 0 Å². The van der Waals surface area contributed by atoms with Gasteiger partial charge in [-0.1, -0.05) is 25.4 Å². The Morgan fingerprint density at radius 1 is 1.30 bits per heavy atom. The molecule has 0 bridgehead atoms. The molecule has 0 unspecified atom stereocenters. The molecule has 0 saturated carbocycles. The van der Waals surface area contributed by atoms with Crippen molar-refractivity contribution in [1.82, 2.24) is 4.31 Å². The van der Waals surface area contributed by atoms with E-state index in [1.165, 1.54) is 10.4 Å². The summed E-state index contributed by atoms with van der Waals surface area (Å²) in [5.41, 5.74) is 0.617. The fourth-order valence-corrected chi connectivity index (χ4v) is 4.52. The summed E-state index contributed by atoms with van der Waals surface area (Å²) in [6.45, 7) is 5.54. The van der Waals surface area contributed by atoms with Gasteiger partial charge in [0.15, 0.2) is 0 Å². The van der Waals surface area contributed by atoms with Gasteiger partial charge in [0, 0.05) is 17.6 Å². The van der Waals surface area contributed by atoms with Gasteiger partial charge in [-0.3, -0.25) is 0 Å². The van der Waals surface area contributed by atoms with Crippen LogP contribution < -0.4 is 0 Å². The molecule has 0 amide bonds. The van der Waals surface area contributed by atoms with Gasteiger partial charge in [0.25, 0.3) is 0 Å². The molecule has 0 aromatic heterocycles. The first-order chi connectivity index (χ1) is 9.38. The fourth-order valence-electron chi connectivity index (χ4n) is 2.32. The van der Waals surface area contributed by atoms with Crippen molar-refractivity contribution in [2.24, 2.45) is 0 Å². The van der Waals surface area contributed by atoms with Gasteiger partial charge in [-0.05, 0) is 43.5 Å². The van der Waals surface area contributed by atoms with Crippen LogP contribution in [0.15, 0.2) is 23.1 Å². The summed E-state index contributed by atoms with van der Waals surface area (Å²) in [6.07, 6.45) is 1.42. The number of benzene rings is 1. The predicted molar refractivity (Wildman–Crippen MR) is 81.5 cm³/mol. The highest BCUT2D eigenvalue weighted by Crippen LogP contribution is 2.25. The Morgan fingerprint density at radius 3 is 2.35 bits per heavy atom. The summed E-state index contributed by atoms with van der Waals surface area (Å²) < 4.78 is 27.0. The van der Waals surface area contributed by atoms with Crippen LogP contribution in [-0.4, -0.2) is 37.0 Å². The second-order valence-corrected chi connectivity index (χ2v) is 7.01. The van der Waals surface area contributed by atoms with Crippen molar-refractivity contribution in [3.05, 3.63) is 28.8 Å². The maximum atomic E-state index is 12.8. The summed E-state index contributed by atoms with van der Waals surface area (Å²) in [5.74, 6) is 0. The summed E-state index contributed by atoms with van der Waals surface area (Å²) in [6, 6.07) is 4.63. The van der Waals surface area contributed by atoms with Crippen LogP contribution in [0.2, 0.25) is 5.02 Å². The van der Waals surface area contributed by atoms with Gasteiger partial charge in [-0.25, -0.2) is 8.42 Å². The van der Waals surface area contributed by atoms with Gasteiger partial charge in [0.2, 0.25) is 10.0 Å². The van der Waals surface area contributed by atoms with Crippen LogP contribution in [0, 0.1) is 6.92 Å². The Hall–Kier alpha value is -0.620. The third-order valence-electron chi connectivity index (χ3n) is 3.39. The lowest BCUT2D eigenvalue weighted by Gasteiger charge is -2.29. The Balaban J connectivity index is 3.28. The average molecular weight is 320 g/mol. The molecular formula is C14H22ClNO3S. The van der Waals surface area contributed by atoms with Crippen LogP contribution in [0.1, 0.15) is 32.3 Å². The van der Waals surface area contributed by atoms with E-state index in [4.69, 9.17) is 11.6 Å². The molecule has 0 heterocycles. The van der Waals surface area contributed by atoms with Crippen LogP contribution in [0.4, 0.5) is 0 Å². The number of halogens is 1. The second kappa shape index (κ2) is 7.41. The summed E-state index contributed by atoms with van der Waals surface area (Å²) in [4.78, 5) is 0.252. The molecular weight excluding hydrogens is 298 g/mol. The zero-order valence-electron chi connectivity index (χ0n) is 12.1. The van der Waals surface area contributed by atoms with Gasteiger partial charge in [-0.2, -0.15) is 4.31 Å². The molecule has 114 valence electrons. The van der Waals surface area contributed by atoms with Crippen LogP contribution in [-0.2, 0) is 10.0 Å². The third kappa shape index (κ3) is 3.73. The van der Waals surface area contributed by atoms with Crippen LogP contribution in [0.25, 0.3) is 0 Å². The van der Waals surface area contributed by atoms with E-state index in [1.807, 2.05) is 13.8 Å². The molecule has 1 aromatic carbocycles. The van der Waals surface area contributed by atoms with Crippen LogP contribution >= 0.6 is 11.6 Å². The van der Waals surface area contributed by atoms with E-state index in [9.17, 15) is 13.5 Å². The highest BCUT2D eigenvalue weighted by molar-refractivity contribution is 7.89. The molecule has 0 atom stereocenters. The van der Waals surface area contributed by atoms with E-state index in [0.29, 0.717) is 23.4 Å². The van der Waals surface area contributed by atoms with Crippen molar-refractivity contribution in [2.45, 2.75) is 44.6 Å². The summed E-state index contributed by atoms with van der Waals surface area (Å²) >= 11 is 5.88. The largest absolute Gasteiger partial charge is 0.395 e. The van der Waals surface area contributed by atoms with Gasteiger partial charge < -0.3 is 5.11 Å². The number of rotatable bonds is 7. The number of sulfonamides is 1.